The fourth-order valence-corrected chi connectivity index (χ4v) is 3.49. The molecule has 2 aromatic rings. The second-order valence-corrected chi connectivity index (χ2v) is 7.08. The van der Waals surface area contributed by atoms with Crippen molar-refractivity contribution in [2.24, 2.45) is 0 Å². The van der Waals surface area contributed by atoms with E-state index in [0.29, 0.717) is 16.8 Å². The first-order valence-electron chi connectivity index (χ1n) is 8.60. The molecule has 1 N–H and O–H groups in total. The summed E-state index contributed by atoms with van der Waals surface area (Å²) in [7, 11) is 0. The molecule has 1 saturated heterocycles. The normalized spacial score (nSPS) is 14.7. The van der Waals surface area contributed by atoms with Crippen molar-refractivity contribution in [1.29, 1.82) is 0 Å². The Morgan fingerprint density at radius 3 is 2.36 bits per heavy atom. The van der Waals surface area contributed by atoms with Gasteiger partial charge >= 0.3 is 0 Å². The lowest BCUT2D eigenvalue weighted by Gasteiger charge is -2.20. The smallest absolute Gasteiger partial charge is 0.256 e. The van der Waals surface area contributed by atoms with Crippen molar-refractivity contribution < 1.29 is 9.59 Å². The van der Waals surface area contributed by atoms with Crippen LogP contribution < -0.4 is 5.32 Å². The molecule has 0 radical (unpaired) electrons. The van der Waals surface area contributed by atoms with Crippen LogP contribution in [-0.2, 0) is 0 Å². The summed E-state index contributed by atoms with van der Waals surface area (Å²) in [5.74, 6) is -0.161. The van der Waals surface area contributed by atoms with Crippen molar-refractivity contribution in [3.8, 4) is 0 Å². The van der Waals surface area contributed by atoms with Gasteiger partial charge in [0.15, 0.2) is 0 Å². The Kier molecular flexibility index (Phi) is 5.87. The van der Waals surface area contributed by atoms with Gasteiger partial charge < -0.3 is 10.2 Å². The number of benzene rings is 2. The number of rotatable bonds is 3. The molecule has 2 amide bonds. The Hall–Kier alpha value is -2.14. The molecule has 0 aliphatic carbocycles. The topological polar surface area (TPSA) is 49.4 Å². The molecule has 0 bridgehead atoms. The highest BCUT2D eigenvalue weighted by atomic mass is 79.9. The summed E-state index contributed by atoms with van der Waals surface area (Å²) < 4.78 is 0.740. The molecule has 1 heterocycles. The average Bonchev–Trinajstić information content (AvgIpc) is 2.91. The first-order chi connectivity index (χ1) is 12.1. The van der Waals surface area contributed by atoms with Gasteiger partial charge in [-0.25, -0.2) is 0 Å². The summed E-state index contributed by atoms with van der Waals surface area (Å²) in [6.45, 7) is 1.62. The molecule has 1 aliphatic heterocycles. The van der Waals surface area contributed by atoms with E-state index in [0.717, 1.165) is 30.4 Å². The van der Waals surface area contributed by atoms with Crippen LogP contribution in [0.1, 0.15) is 46.4 Å². The van der Waals surface area contributed by atoms with Gasteiger partial charge in [-0.15, -0.1) is 0 Å². The number of amides is 2. The molecule has 130 valence electrons. The first kappa shape index (κ1) is 17.7. The van der Waals surface area contributed by atoms with E-state index in [2.05, 4.69) is 21.2 Å². The highest BCUT2D eigenvalue weighted by Gasteiger charge is 2.18. The molecule has 0 saturated carbocycles. The average molecular weight is 401 g/mol. The van der Waals surface area contributed by atoms with E-state index >= 15 is 0 Å². The lowest BCUT2D eigenvalue weighted by molar-refractivity contribution is 0.0761. The number of likely N-dealkylation sites (tertiary alicyclic amines) is 1. The third-order valence-corrected chi connectivity index (χ3v) is 5.07. The van der Waals surface area contributed by atoms with Gasteiger partial charge in [-0.2, -0.15) is 0 Å². The van der Waals surface area contributed by atoms with E-state index in [9.17, 15) is 9.59 Å². The maximum Gasteiger partial charge on any atom is 0.256 e. The largest absolute Gasteiger partial charge is 0.339 e. The Bertz CT molecular complexity index is 768. The SMILES string of the molecule is O=C(Nc1cccc(C(=O)N2CCCCCC2)c1)c1ccccc1Br. The number of halogens is 1. The maximum absolute atomic E-state index is 12.7. The van der Waals surface area contributed by atoms with E-state index in [1.54, 1.807) is 30.3 Å². The summed E-state index contributed by atoms with van der Waals surface area (Å²) >= 11 is 3.39. The van der Waals surface area contributed by atoms with Crippen LogP contribution in [0, 0.1) is 0 Å². The third-order valence-electron chi connectivity index (χ3n) is 4.38. The van der Waals surface area contributed by atoms with Crippen molar-refractivity contribution in [2.75, 3.05) is 18.4 Å². The van der Waals surface area contributed by atoms with Crippen molar-refractivity contribution >= 4 is 33.4 Å². The molecule has 1 fully saturated rings. The number of nitrogens with zero attached hydrogens (tertiary/aromatic N) is 1. The van der Waals surface area contributed by atoms with E-state index in [-0.39, 0.29) is 11.8 Å². The second-order valence-electron chi connectivity index (χ2n) is 6.22. The maximum atomic E-state index is 12.7. The predicted molar refractivity (Wildman–Crippen MR) is 103 cm³/mol. The van der Waals surface area contributed by atoms with E-state index < -0.39 is 0 Å². The van der Waals surface area contributed by atoms with E-state index in [1.165, 1.54) is 12.8 Å². The zero-order valence-electron chi connectivity index (χ0n) is 14.0. The van der Waals surface area contributed by atoms with Crippen LogP contribution in [0.25, 0.3) is 0 Å². The molecule has 3 rings (SSSR count). The van der Waals surface area contributed by atoms with Gasteiger partial charge in [0.25, 0.3) is 11.8 Å². The minimum absolute atomic E-state index is 0.0406. The molecular weight excluding hydrogens is 380 g/mol. The second kappa shape index (κ2) is 8.30. The predicted octanol–water partition coefficient (Wildman–Crippen LogP) is 4.72. The molecule has 0 unspecified atom stereocenters. The fourth-order valence-electron chi connectivity index (χ4n) is 3.03. The lowest BCUT2D eigenvalue weighted by Crippen LogP contribution is -2.31. The Labute approximate surface area is 156 Å². The lowest BCUT2D eigenvalue weighted by atomic mass is 10.1. The zero-order chi connectivity index (χ0) is 17.6. The Balaban J connectivity index is 1.74. The van der Waals surface area contributed by atoms with Gasteiger partial charge in [-0.1, -0.05) is 31.0 Å². The standard InChI is InChI=1S/C20H21BrN2O2/c21-18-11-4-3-10-17(18)19(24)22-16-9-7-8-15(14-16)20(25)23-12-5-1-2-6-13-23/h3-4,7-11,14H,1-2,5-6,12-13H2,(H,22,24). The molecule has 2 aromatic carbocycles. The van der Waals surface area contributed by atoms with Crippen LogP contribution in [0.3, 0.4) is 0 Å². The zero-order valence-corrected chi connectivity index (χ0v) is 15.6. The van der Waals surface area contributed by atoms with E-state index in [4.69, 9.17) is 0 Å². The molecule has 25 heavy (non-hydrogen) atoms. The number of carbonyl (C=O) groups excluding carboxylic acids is 2. The van der Waals surface area contributed by atoms with Crippen LogP contribution in [0.5, 0.6) is 0 Å². The van der Waals surface area contributed by atoms with Crippen molar-refractivity contribution in [1.82, 2.24) is 4.90 Å². The minimum atomic E-state index is -0.202. The summed E-state index contributed by atoms with van der Waals surface area (Å²) in [4.78, 5) is 27.1. The number of hydrogen-bond donors (Lipinski definition) is 1. The quantitative estimate of drug-likeness (QED) is 0.809. The monoisotopic (exact) mass is 400 g/mol. The van der Waals surface area contributed by atoms with Crippen molar-refractivity contribution in [2.45, 2.75) is 25.7 Å². The van der Waals surface area contributed by atoms with E-state index in [1.807, 2.05) is 23.1 Å². The van der Waals surface area contributed by atoms with Crippen LogP contribution in [0.2, 0.25) is 0 Å². The Morgan fingerprint density at radius 2 is 1.64 bits per heavy atom. The van der Waals surface area contributed by atoms with Gasteiger partial charge in [0.05, 0.1) is 5.56 Å². The summed E-state index contributed by atoms with van der Waals surface area (Å²) in [6, 6.07) is 14.4. The van der Waals surface area contributed by atoms with Gasteiger partial charge in [0.1, 0.15) is 0 Å². The van der Waals surface area contributed by atoms with Crippen molar-refractivity contribution in [3.63, 3.8) is 0 Å². The number of hydrogen-bond acceptors (Lipinski definition) is 2. The molecule has 0 atom stereocenters. The highest BCUT2D eigenvalue weighted by molar-refractivity contribution is 9.10. The van der Waals surface area contributed by atoms with Crippen LogP contribution in [0.4, 0.5) is 5.69 Å². The molecule has 0 spiro atoms. The van der Waals surface area contributed by atoms with Crippen molar-refractivity contribution in [3.05, 3.63) is 64.1 Å². The summed E-state index contributed by atoms with van der Waals surface area (Å²) in [5.41, 5.74) is 1.81. The minimum Gasteiger partial charge on any atom is -0.339 e. The number of nitrogens with one attached hydrogen (secondary N) is 1. The highest BCUT2D eigenvalue weighted by Crippen LogP contribution is 2.20. The summed E-state index contributed by atoms with van der Waals surface area (Å²) in [5, 5.41) is 2.87. The van der Waals surface area contributed by atoms with Gasteiger partial charge in [-0.3, -0.25) is 9.59 Å². The van der Waals surface area contributed by atoms with Crippen LogP contribution in [0.15, 0.2) is 53.0 Å². The molecule has 0 aromatic heterocycles. The number of carbonyl (C=O) groups is 2. The van der Waals surface area contributed by atoms with Crippen LogP contribution in [-0.4, -0.2) is 29.8 Å². The Morgan fingerprint density at radius 1 is 0.920 bits per heavy atom. The van der Waals surface area contributed by atoms with Crippen LogP contribution >= 0.6 is 15.9 Å². The molecular formula is C20H21BrN2O2. The van der Waals surface area contributed by atoms with Gasteiger partial charge in [0, 0.05) is 28.8 Å². The van der Waals surface area contributed by atoms with Gasteiger partial charge in [-0.05, 0) is 59.1 Å². The molecule has 4 nitrogen and oxygen atoms in total. The first-order valence-corrected chi connectivity index (χ1v) is 9.40. The summed E-state index contributed by atoms with van der Waals surface area (Å²) in [6.07, 6.45) is 4.49. The molecule has 5 heteroatoms. The fraction of sp³-hybridized carbons (Fsp3) is 0.300. The molecule has 1 aliphatic rings. The number of anilines is 1. The van der Waals surface area contributed by atoms with Gasteiger partial charge in [0.2, 0.25) is 0 Å². The third kappa shape index (κ3) is 4.48.